The summed E-state index contributed by atoms with van der Waals surface area (Å²) >= 11 is 0. The van der Waals surface area contributed by atoms with Crippen molar-refractivity contribution < 1.29 is 9.53 Å². The highest BCUT2D eigenvalue weighted by Crippen LogP contribution is 2.38. The van der Waals surface area contributed by atoms with Crippen molar-refractivity contribution in [3.8, 4) is 16.9 Å². The lowest BCUT2D eigenvalue weighted by molar-refractivity contribution is 0.0996. The molecule has 2 aromatic heterocycles. The first-order valence-electron chi connectivity index (χ1n) is 7.46. The van der Waals surface area contributed by atoms with E-state index in [1.54, 1.807) is 25.4 Å². The molecule has 0 fully saturated rings. The number of primary amides is 1. The van der Waals surface area contributed by atoms with Crippen LogP contribution in [0.4, 0.5) is 5.69 Å². The molecule has 0 unspecified atom stereocenters. The predicted molar refractivity (Wildman–Crippen MR) is 94.1 cm³/mol. The maximum atomic E-state index is 11.5. The minimum Gasteiger partial charge on any atom is -0.496 e. The Morgan fingerprint density at radius 3 is 2.80 bits per heavy atom. The topological polar surface area (TPSA) is 133 Å². The number of rotatable bonds is 3. The summed E-state index contributed by atoms with van der Waals surface area (Å²) < 4.78 is 5.50. The minimum atomic E-state index is -0.718. The Kier molecular flexibility index (Phi) is 3.24. The van der Waals surface area contributed by atoms with Crippen molar-refractivity contribution >= 4 is 33.4 Å². The fourth-order valence-corrected chi connectivity index (χ4v) is 2.90. The van der Waals surface area contributed by atoms with E-state index in [9.17, 15) is 4.79 Å². The van der Waals surface area contributed by atoms with Gasteiger partial charge in [-0.25, -0.2) is 0 Å². The number of benzene rings is 2. The number of nitrogens with one attached hydrogen (secondary N) is 1. The van der Waals surface area contributed by atoms with E-state index in [2.05, 4.69) is 20.4 Å². The van der Waals surface area contributed by atoms with Crippen LogP contribution in [0.15, 0.2) is 36.5 Å². The van der Waals surface area contributed by atoms with Crippen LogP contribution in [0.1, 0.15) is 10.5 Å². The first-order chi connectivity index (χ1) is 12.1. The molecule has 0 bridgehead atoms. The van der Waals surface area contributed by atoms with Gasteiger partial charge in [0.25, 0.3) is 5.91 Å². The molecule has 1 amide bonds. The number of aromatic nitrogens is 4. The monoisotopic (exact) mass is 334 g/mol. The Morgan fingerprint density at radius 1 is 1.20 bits per heavy atom. The molecule has 5 N–H and O–H groups in total. The van der Waals surface area contributed by atoms with Crippen LogP contribution in [0, 0.1) is 0 Å². The Balaban J connectivity index is 2.06. The quantitative estimate of drug-likeness (QED) is 0.524. The molecular weight excluding hydrogens is 320 g/mol. The molecule has 8 heteroatoms. The largest absolute Gasteiger partial charge is 0.496 e. The molecule has 0 aliphatic rings. The zero-order chi connectivity index (χ0) is 17.6. The molecular formula is C17H14N6O2. The Bertz CT molecular complexity index is 1130. The molecule has 2 aromatic carbocycles. The van der Waals surface area contributed by atoms with E-state index in [1.165, 1.54) is 0 Å². The lowest BCUT2D eigenvalue weighted by atomic mass is 9.99. The van der Waals surface area contributed by atoms with E-state index >= 15 is 0 Å². The van der Waals surface area contributed by atoms with Gasteiger partial charge in [0.05, 0.1) is 30.1 Å². The van der Waals surface area contributed by atoms with E-state index in [0.29, 0.717) is 16.7 Å². The second-order valence-corrected chi connectivity index (χ2v) is 5.54. The summed E-state index contributed by atoms with van der Waals surface area (Å²) in [6.45, 7) is 0. The van der Waals surface area contributed by atoms with Gasteiger partial charge in [-0.3, -0.25) is 9.89 Å². The second kappa shape index (κ2) is 5.45. The summed E-state index contributed by atoms with van der Waals surface area (Å²) in [4.78, 5) is 11.5. The molecule has 124 valence electrons. The molecule has 0 atom stereocenters. The third-order valence-electron chi connectivity index (χ3n) is 4.12. The summed E-state index contributed by atoms with van der Waals surface area (Å²) in [5.41, 5.74) is 14.6. The zero-order valence-electron chi connectivity index (χ0n) is 13.3. The van der Waals surface area contributed by atoms with Gasteiger partial charge in [0.15, 0.2) is 5.69 Å². The highest BCUT2D eigenvalue weighted by molar-refractivity contribution is 6.08. The van der Waals surface area contributed by atoms with Crippen molar-refractivity contribution in [3.63, 3.8) is 0 Å². The standard InChI is InChI=1S/C17H14N6O2/c1-25-12-5-3-10-14(18)16(17(19)24)23-22-15(10)13(12)8-2-4-11-9(6-8)7-20-21-11/h2-7H,1H3,(H2,18,22)(H2,19,24)(H,20,21). The molecule has 25 heavy (non-hydrogen) atoms. The summed E-state index contributed by atoms with van der Waals surface area (Å²) in [7, 11) is 1.58. The fourth-order valence-electron chi connectivity index (χ4n) is 2.90. The SMILES string of the molecule is COc1ccc2c(N)c(C(N)=O)nnc2c1-c1ccc2[nH]ncc2c1. The van der Waals surface area contributed by atoms with Crippen molar-refractivity contribution in [3.05, 3.63) is 42.2 Å². The van der Waals surface area contributed by atoms with Gasteiger partial charge in [0.2, 0.25) is 0 Å². The van der Waals surface area contributed by atoms with Crippen LogP contribution in [-0.4, -0.2) is 33.4 Å². The first kappa shape index (κ1) is 14.9. The van der Waals surface area contributed by atoms with E-state index in [4.69, 9.17) is 16.2 Å². The Labute approximate surface area is 141 Å². The van der Waals surface area contributed by atoms with E-state index in [0.717, 1.165) is 22.0 Å². The van der Waals surface area contributed by atoms with Crippen molar-refractivity contribution in [2.45, 2.75) is 0 Å². The number of fused-ring (bicyclic) bond motifs is 2. The number of amides is 1. The summed E-state index contributed by atoms with van der Waals surface area (Å²) in [5.74, 6) is -0.0973. The van der Waals surface area contributed by atoms with Gasteiger partial charge in [0, 0.05) is 10.8 Å². The highest BCUT2D eigenvalue weighted by atomic mass is 16.5. The number of hydrogen-bond donors (Lipinski definition) is 3. The summed E-state index contributed by atoms with van der Waals surface area (Å²) in [5, 5.41) is 16.6. The number of nitrogens with zero attached hydrogens (tertiary/aromatic N) is 3. The molecule has 0 saturated carbocycles. The number of methoxy groups -OCH3 is 1. The highest BCUT2D eigenvalue weighted by Gasteiger charge is 2.18. The lowest BCUT2D eigenvalue weighted by Crippen LogP contribution is -2.16. The van der Waals surface area contributed by atoms with Gasteiger partial charge in [-0.2, -0.15) is 5.10 Å². The number of nitrogen functional groups attached to an aromatic ring is 1. The maximum Gasteiger partial charge on any atom is 0.271 e. The van der Waals surface area contributed by atoms with Gasteiger partial charge in [-0.05, 0) is 29.8 Å². The molecule has 8 nitrogen and oxygen atoms in total. The summed E-state index contributed by atoms with van der Waals surface area (Å²) in [6, 6.07) is 9.34. The Morgan fingerprint density at radius 2 is 2.04 bits per heavy atom. The summed E-state index contributed by atoms with van der Waals surface area (Å²) in [6.07, 6.45) is 1.74. The molecule has 0 aliphatic carbocycles. The normalized spacial score (nSPS) is 11.1. The second-order valence-electron chi connectivity index (χ2n) is 5.54. The molecule has 0 radical (unpaired) electrons. The number of aromatic amines is 1. The van der Waals surface area contributed by atoms with Crippen LogP contribution < -0.4 is 16.2 Å². The molecule has 4 aromatic rings. The van der Waals surface area contributed by atoms with E-state index in [1.807, 2.05) is 18.2 Å². The first-order valence-corrected chi connectivity index (χ1v) is 7.46. The Hall–Kier alpha value is -3.68. The van der Waals surface area contributed by atoms with Crippen LogP contribution in [0.5, 0.6) is 5.75 Å². The molecule has 0 aliphatic heterocycles. The number of carbonyl (C=O) groups excluding carboxylic acids is 1. The lowest BCUT2D eigenvalue weighted by Gasteiger charge is -2.13. The molecule has 2 heterocycles. The van der Waals surface area contributed by atoms with Gasteiger partial charge in [-0.1, -0.05) is 6.07 Å². The third kappa shape index (κ3) is 2.23. The zero-order valence-corrected chi connectivity index (χ0v) is 13.3. The number of hydrogen-bond acceptors (Lipinski definition) is 6. The average Bonchev–Trinajstić information content (AvgIpc) is 3.08. The van der Waals surface area contributed by atoms with E-state index < -0.39 is 5.91 Å². The van der Waals surface area contributed by atoms with Gasteiger partial charge in [-0.15, -0.1) is 10.2 Å². The van der Waals surface area contributed by atoms with Gasteiger partial charge in [0.1, 0.15) is 11.3 Å². The van der Waals surface area contributed by atoms with E-state index in [-0.39, 0.29) is 11.4 Å². The van der Waals surface area contributed by atoms with Crippen molar-refractivity contribution in [2.24, 2.45) is 5.73 Å². The molecule has 0 spiro atoms. The van der Waals surface area contributed by atoms with Crippen LogP contribution >= 0.6 is 0 Å². The predicted octanol–water partition coefficient (Wildman–Crippen LogP) is 1.86. The smallest absolute Gasteiger partial charge is 0.271 e. The van der Waals surface area contributed by atoms with Crippen LogP contribution in [0.25, 0.3) is 32.9 Å². The van der Waals surface area contributed by atoms with Crippen LogP contribution in [0.3, 0.4) is 0 Å². The average molecular weight is 334 g/mol. The third-order valence-corrected chi connectivity index (χ3v) is 4.12. The van der Waals surface area contributed by atoms with Gasteiger partial charge >= 0.3 is 0 Å². The molecule has 4 rings (SSSR count). The number of H-pyrrole nitrogens is 1. The van der Waals surface area contributed by atoms with Crippen LogP contribution in [0.2, 0.25) is 0 Å². The van der Waals surface area contributed by atoms with Crippen molar-refractivity contribution in [1.82, 2.24) is 20.4 Å². The number of anilines is 1. The van der Waals surface area contributed by atoms with Crippen molar-refractivity contribution in [1.29, 1.82) is 0 Å². The fraction of sp³-hybridized carbons (Fsp3) is 0.0588. The van der Waals surface area contributed by atoms with Crippen molar-refractivity contribution in [2.75, 3.05) is 12.8 Å². The van der Waals surface area contributed by atoms with Gasteiger partial charge < -0.3 is 16.2 Å². The maximum absolute atomic E-state index is 11.5. The number of nitrogens with two attached hydrogens (primary N) is 2. The minimum absolute atomic E-state index is 0.0473. The van der Waals surface area contributed by atoms with Crippen LogP contribution in [-0.2, 0) is 0 Å². The number of ether oxygens (including phenoxy) is 1. The number of carbonyl (C=O) groups is 1. The molecule has 0 saturated heterocycles.